The SMILES string of the molecule is CC1(C)c2cc3c(cc2-c2ccc4sc5ccccc5c4c21)c1ccccc1n3C1=CC(c2ccccc2)=CC(c2ccccc2)N1. The molecule has 0 radical (unpaired) electrons. The normalized spacial score (nSPS) is 16.7. The van der Waals surface area contributed by atoms with Crippen LogP contribution in [0.25, 0.3) is 64.5 Å². The molecule has 2 aliphatic rings. The molecule has 10 rings (SSSR count). The van der Waals surface area contributed by atoms with Crippen LogP contribution in [0.1, 0.15) is 42.1 Å². The van der Waals surface area contributed by atoms with E-state index in [2.05, 4.69) is 169 Å². The molecular formula is C44H32N2S. The molecule has 1 N–H and O–H groups in total. The minimum atomic E-state index is -0.153. The zero-order chi connectivity index (χ0) is 31.3. The van der Waals surface area contributed by atoms with Gasteiger partial charge in [0.05, 0.1) is 17.1 Å². The third-order valence-corrected chi connectivity index (χ3v) is 11.5. The molecule has 8 aromatic rings. The first-order valence-electron chi connectivity index (χ1n) is 16.4. The molecule has 0 saturated heterocycles. The first-order chi connectivity index (χ1) is 23.1. The van der Waals surface area contributed by atoms with Crippen molar-refractivity contribution in [1.29, 1.82) is 0 Å². The van der Waals surface area contributed by atoms with Crippen molar-refractivity contribution in [2.45, 2.75) is 25.3 Å². The van der Waals surface area contributed by atoms with E-state index in [-0.39, 0.29) is 11.5 Å². The van der Waals surface area contributed by atoms with E-state index in [9.17, 15) is 0 Å². The molecule has 47 heavy (non-hydrogen) atoms. The number of nitrogens with one attached hydrogen (secondary N) is 1. The van der Waals surface area contributed by atoms with Crippen LogP contribution in [-0.4, -0.2) is 4.57 Å². The Morgan fingerprint density at radius 1 is 0.638 bits per heavy atom. The highest BCUT2D eigenvalue weighted by Crippen LogP contribution is 2.55. The minimum Gasteiger partial charge on any atom is -0.361 e. The van der Waals surface area contributed by atoms with Crippen LogP contribution in [0.15, 0.2) is 146 Å². The van der Waals surface area contributed by atoms with Gasteiger partial charge in [0.25, 0.3) is 0 Å². The fraction of sp³-hybridized carbons (Fsp3) is 0.0909. The fourth-order valence-electron chi connectivity index (χ4n) is 8.24. The Kier molecular flexibility index (Phi) is 5.59. The van der Waals surface area contributed by atoms with Crippen LogP contribution in [0, 0.1) is 0 Å². The Morgan fingerprint density at radius 3 is 2.19 bits per heavy atom. The van der Waals surface area contributed by atoms with Gasteiger partial charge < -0.3 is 5.32 Å². The van der Waals surface area contributed by atoms with Crippen LogP contribution >= 0.6 is 11.3 Å². The lowest BCUT2D eigenvalue weighted by Gasteiger charge is -2.27. The van der Waals surface area contributed by atoms with Gasteiger partial charge >= 0.3 is 0 Å². The van der Waals surface area contributed by atoms with Gasteiger partial charge in [-0.15, -0.1) is 11.3 Å². The molecule has 3 heteroatoms. The van der Waals surface area contributed by atoms with Crippen molar-refractivity contribution >= 4 is 64.7 Å². The molecule has 0 bridgehead atoms. The molecular weight excluding hydrogens is 589 g/mol. The number of benzene rings is 6. The Balaban J connectivity index is 1.23. The van der Waals surface area contributed by atoms with Gasteiger partial charge in [-0.05, 0) is 81.4 Å². The average molecular weight is 621 g/mol. The lowest BCUT2D eigenvalue weighted by molar-refractivity contribution is 0.667. The summed E-state index contributed by atoms with van der Waals surface area (Å²) < 4.78 is 5.19. The van der Waals surface area contributed by atoms with Gasteiger partial charge in [-0.1, -0.05) is 117 Å². The number of nitrogens with zero attached hydrogens (tertiary/aromatic N) is 1. The van der Waals surface area contributed by atoms with E-state index in [0.29, 0.717) is 0 Å². The van der Waals surface area contributed by atoms with E-state index in [0.717, 1.165) is 5.82 Å². The van der Waals surface area contributed by atoms with Crippen molar-refractivity contribution in [3.05, 3.63) is 168 Å². The molecule has 0 amide bonds. The highest BCUT2D eigenvalue weighted by molar-refractivity contribution is 7.25. The fourth-order valence-corrected chi connectivity index (χ4v) is 9.35. The Morgan fingerprint density at radius 2 is 1.36 bits per heavy atom. The third kappa shape index (κ3) is 3.84. The quantitative estimate of drug-likeness (QED) is 0.208. The lowest BCUT2D eigenvalue weighted by atomic mass is 9.80. The number of aromatic nitrogens is 1. The van der Waals surface area contributed by atoms with Gasteiger partial charge in [0, 0.05) is 36.4 Å². The van der Waals surface area contributed by atoms with Crippen LogP contribution in [0.5, 0.6) is 0 Å². The maximum atomic E-state index is 3.95. The molecule has 0 fully saturated rings. The van der Waals surface area contributed by atoms with Crippen molar-refractivity contribution in [3.63, 3.8) is 0 Å². The molecule has 6 aromatic carbocycles. The van der Waals surface area contributed by atoms with Crippen LogP contribution in [0.3, 0.4) is 0 Å². The largest absolute Gasteiger partial charge is 0.361 e. The molecule has 3 heterocycles. The highest BCUT2D eigenvalue weighted by atomic mass is 32.1. The number of hydrogen-bond acceptors (Lipinski definition) is 2. The maximum Gasteiger partial charge on any atom is 0.112 e. The van der Waals surface area contributed by atoms with Gasteiger partial charge in [0.2, 0.25) is 0 Å². The second-order valence-corrected chi connectivity index (χ2v) is 14.5. The summed E-state index contributed by atoms with van der Waals surface area (Å²) in [4.78, 5) is 0. The summed E-state index contributed by atoms with van der Waals surface area (Å²) in [6, 6.07) is 49.0. The molecule has 224 valence electrons. The summed E-state index contributed by atoms with van der Waals surface area (Å²) in [6.45, 7) is 4.84. The predicted molar refractivity (Wildman–Crippen MR) is 201 cm³/mol. The lowest BCUT2D eigenvalue weighted by Crippen LogP contribution is -2.25. The molecule has 0 spiro atoms. The highest BCUT2D eigenvalue weighted by Gasteiger charge is 2.39. The second-order valence-electron chi connectivity index (χ2n) is 13.4. The zero-order valence-corrected chi connectivity index (χ0v) is 27.1. The average Bonchev–Trinajstić information content (AvgIpc) is 3.73. The van der Waals surface area contributed by atoms with Gasteiger partial charge in [-0.25, -0.2) is 0 Å². The van der Waals surface area contributed by atoms with Crippen LogP contribution in [-0.2, 0) is 5.41 Å². The molecule has 2 aromatic heterocycles. The molecule has 1 atom stereocenters. The molecule has 0 saturated carbocycles. The predicted octanol–water partition coefficient (Wildman–Crippen LogP) is 11.7. The van der Waals surface area contributed by atoms with Gasteiger partial charge in [0.1, 0.15) is 5.82 Å². The van der Waals surface area contributed by atoms with Crippen LogP contribution in [0.4, 0.5) is 0 Å². The summed E-state index contributed by atoms with van der Waals surface area (Å²) in [6.07, 6.45) is 4.69. The second kappa shape index (κ2) is 9.81. The molecule has 1 aliphatic carbocycles. The van der Waals surface area contributed by atoms with E-state index >= 15 is 0 Å². The summed E-state index contributed by atoms with van der Waals surface area (Å²) in [5.74, 6) is 1.09. The van der Waals surface area contributed by atoms with Crippen LogP contribution in [0.2, 0.25) is 0 Å². The smallest absolute Gasteiger partial charge is 0.112 e. The number of dihydropyridines is 1. The maximum absolute atomic E-state index is 3.95. The van der Waals surface area contributed by atoms with E-state index in [1.165, 1.54) is 80.9 Å². The van der Waals surface area contributed by atoms with Crippen molar-refractivity contribution in [2.75, 3.05) is 0 Å². The zero-order valence-electron chi connectivity index (χ0n) is 26.3. The van der Waals surface area contributed by atoms with Gasteiger partial charge in [-0.2, -0.15) is 0 Å². The summed E-state index contributed by atoms with van der Waals surface area (Å²) in [7, 11) is 0. The first-order valence-corrected chi connectivity index (χ1v) is 17.2. The van der Waals surface area contributed by atoms with E-state index < -0.39 is 0 Å². The standard InChI is InChI=1S/C44H32N2S/c1-44(2)35-26-38-34(25-33(35)31-21-22-40-42(43(31)44)32-18-10-12-20-39(32)47-40)30-17-9-11-19-37(30)46(38)41-24-29(27-13-5-3-6-14-27)23-36(45-41)28-15-7-4-8-16-28/h3-26,36,45H,1-2H3. The molecule has 1 unspecified atom stereocenters. The van der Waals surface area contributed by atoms with Crippen molar-refractivity contribution in [1.82, 2.24) is 9.88 Å². The topological polar surface area (TPSA) is 17.0 Å². The summed E-state index contributed by atoms with van der Waals surface area (Å²) in [5, 5.41) is 9.30. The van der Waals surface area contributed by atoms with E-state index in [1.807, 2.05) is 11.3 Å². The van der Waals surface area contributed by atoms with Crippen LogP contribution < -0.4 is 5.32 Å². The first kappa shape index (κ1) is 26.8. The van der Waals surface area contributed by atoms with Gasteiger partial charge in [-0.3, -0.25) is 4.57 Å². The molecule has 2 nitrogen and oxygen atoms in total. The molecule has 1 aliphatic heterocycles. The summed E-state index contributed by atoms with van der Waals surface area (Å²) >= 11 is 1.91. The minimum absolute atomic E-state index is 0.0397. The number of thiophene rings is 1. The Bertz CT molecular complexity index is 2620. The number of hydrogen-bond donors (Lipinski definition) is 1. The Hall–Kier alpha value is -5.38. The summed E-state index contributed by atoms with van der Waals surface area (Å²) in [5.41, 5.74) is 11.6. The number of rotatable bonds is 3. The van der Waals surface area contributed by atoms with Crippen molar-refractivity contribution in [2.24, 2.45) is 0 Å². The van der Waals surface area contributed by atoms with Gasteiger partial charge in [0.15, 0.2) is 0 Å². The number of allylic oxidation sites excluding steroid dienone is 2. The Labute approximate surface area is 277 Å². The monoisotopic (exact) mass is 620 g/mol. The van der Waals surface area contributed by atoms with Crippen molar-refractivity contribution in [3.8, 4) is 11.1 Å². The third-order valence-electron chi connectivity index (χ3n) is 10.4. The van der Waals surface area contributed by atoms with E-state index in [1.54, 1.807) is 0 Å². The van der Waals surface area contributed by atoms with E-state index in [4.69, 9.17) is 0 Å². The number of para-hydroxylation sites is 1. The van der Waals surface area contributed by atoms with Crippen molar-refractivity contribution < 1.29 is 0 Å². The number of fused-ring (bicyclic) bond motifs is 10.